The third-order valence-electron chi connectivity index (χ3n) is 5.30. The van der Waals surface area contributed by atoms with E-state index < -0.39 is 0 Å². The van der Waals surface area contributed by atoms with Crippen LogP contribution in [0.5, 0.6) is 0 Å². The van der Waals surface area contributed by atoms with E-state index in [1.165, 1.54) is 25.7 Å². The smallest absolute Gasteiger partial charge is 0.167 e. The van der Waals surface area contributed by atoms with Crippen molar-refractivity contribution in [2.45, 2.75) is 44.1 Å². The number of anilines is 1. The van der Waals surface area contributed by atoms with Gasteiger partial charge in [-0.05, 0) is 12.8 Å². The minimum Gasteiger partial charge on any atom is -0.394 e. The van der Waals surface area contributed by atoms with Gasteiger partial charge in [-0.3, -0.25) is 9.47 Å². The fourth-order valence-corrected chi connectivity index (χ4v) is 4.04. The van der Waals surface area contributed by atoms with Crippen molar-refractivity contribution in [3.8, 4) is 0 Å². The summed E-state index contributed by atoms with van der Waals surface area (Å²) in [7, 11) is 3.89. The van der Waals surface area contributed by atoms with Crippen LogP contribution in [0.25, 0.3) is 11.2 Å². The average molecular weight is 346 g/mol. The lowest BCUT2D eigenvalue weighted by Gasteiger charge is -2.40. The number of aliphatic hydroxyl groups excluding tert-OH is 1. The van der Waals surface area contributed by atoms with Crippen LogP contribution in [0, 0.1) is 0 Å². The molecule has 0 aromatic carbocycles. The number of ether oxygens (including phenoxy) is 1. The van der Waals surface area contributed by atoms with Gasteiger partial charge in [0.05, 0.1) is 19.0 Å². The lowest BCUT2D eigenvalue weighted by molar-refractivity contribution is -0.141. The van der Waals surface area contributed by atoms with E-state index >= 15 is 0 Å². The Kier molecular flexibility index (Phi) is 4.58. The first-order valence-corrected chi connectivity index (χ1v) is 9.02. The molecule has 136 valence electrons. The van der Waals surface area contributed by atoms with Crippen LogP contribution in [0.3, 0.4) is 0 Å². The van der Waals surface area contributed by atoms with Crippen LogP contribution in [-0.2, 0) is 4.74 Å². The zero-order valence-electron chi connectivity index (χ0n) is 14.9. The highest BCUT2D eigenvalue weighted by Gasteiger charge is 2.34. The maximum Gasteiger partial charge on any atom is 0.167 e. The van der Waals surface area contributed by atoms with Gasteiger partial charge in [-0.25, -0.2) is 15.0 Å². The Morgan fingerprint density at radius 3 is 2.72 bits per heavy atom. The van der Waals surface area contributed by atoms with E-state index in [0.29, 0.717) is 6.04 Å². The van der Waals surface area contributed by atoms with Crippen molar-refractivity contribution < 1.29 is 9.84 Å². The monoisotopic (exact) mass is 346 g/mol. The molecule has 0 unspecified atom stereocenters. The highest BCUT2D eigenvalue weighted by molar-refractivity contribution is 5.83. The first-order chi connectivity index (χ1) is 12.2. The molecule has 4 rings (SSSR count). The number of imidazole rings is 1. The van der Waals surface area contributed by atoms with Gasteiger partial charge in [-0.15, -0.1) is 0 Å². The molecule has 1 N–H and O–H groups in total. The molecule has 1 saturated carbocycles. The number of fused-ring (bicyclic) bond motifs is 1. The summed E-state index contributed by atoms with van der Waals surface area (Å²) in [6.07, 6.45) is 8.05. The predicted octanol–water partition coefficient (Wildman–Crippen LogP) is 1.03. The van der Waals surface area contributed by atoms with Crippen LogP contribution in [0.15, 0.2) is 12.7 Å². The quantitative estimate of drug-likeness (QED) is 0.885. The van der Waals surface area contributed by atoms with E-state index in [-0.39, 0.29) is 18.9 Å². The molecule has 2 atom stereocenters. The van der Waals surface area contributed by atoms with Crippen LogP contribution in [0.4, 0.5) is 5.82 Å². The zero-order valence-corrected chi connectivity index (χ0v) is 14.9. The second-order valence-corrected chi connectivity index (χ2v) is 7.20. The standard InChI is InChI=1S/C17H26N6O2/c1-21(2)16-15-17(19-10-18-16)23(11-20-15)14-8-22(7-13(9-24)25-14)12-5-3-4-6-12/h10-14,24H,3-9H2,1-2H3/t13-,14+/m0/s1. The maximum absolute atomic E-state index is 9.69. The van der Waals surface area contributed by atoms with Crippen molar-refractivity contribution >= 4 is 17.0 Å². The summed E-state index contributed by atoms with van der Waals surface area (Å²) >= 11 is 0. The SMILES string of the molecule is CN(C)c1ncnc2c1ncn2[C@H]1CN(C2CCCC2)C[C@@H](CO)O1. The zero-order chi connectivity index (χ0) is 17.4. The van der Waals surface area contributed by atoms with E-state index in [1.54, 1.807) is 12.7 Å². The number of rotatable bonds is 4. The molecular weight excluding hydrogens is 320 g/mol. The molecule has 0 bridgehead atoms. The van der Waals surface area contributed by atoms with Gasteiger partial charge in [-0.1, -0.05) is 12.8 Å². The topological polar surface area (TPSA) is 79.5 Å². The Morgan fingerprint density at radius 2 is 2.00 bits per heavy atom. The van der Waals surface area contributed by atoms with Crippen molar-refractivity contribution in [1.29, 1.82) is 0 Å². The molecule has 2 aliphatic rings. The van der Waals surface area contributed by atoms with Gasteiger partial charge in [0, 0.05) is 33.2 Å². The van der Waals surface area contributed by atoms with Gasteiger partial charge < -0.3 is 14.7 Å². The molecule has 1 aliphatic carbocycles. The fraction of sp³-hybridized carbons (Fsp3) is 0.706. The van der Waals surface area contributed by atoms with Crippen LogP contribution in [0.1, 0.15) is 31.9 Å². The molecule has 3 heterocycles. The maximum atomic E-state index is 9.69. The highest BCUT2D eigenvalue weighted by atomic mass is 16.5. The van der Waals surface area contributed by atoms with Crippen LogP contribution in [-0.4, -0.2) is 75.5 Å². The molecule has 1 saturated heterocycles. The van der Waals surface area contributed by atoms with Crippen LogP contribution < -0.4 is 4.90 Å². The van der Waals surface area contributed by atoms with Crippen molar-refractivity contribution in [3.05, 3.63) is 12.7 Å². The fourth-order valence-electron chi connectivity index (χ4n) is 4.04. The Hall–Kier alpha value is -1.77. The summed E-state index contributed by atoms with van der Waals surface area (Å²) in [6, 6.07) is 0.599. The summed E-state index contributed by atoms with van der Waals surface area (Å²) in [5.41, 5.74) is 1.54. The third-order valence-corrected chi connectivity index (χ3v) is 5.30. The van der Waals surface area contributed by atoms with Crippen molar-refractivity contribution in [3.63, 3.8) is 0 Å². The Bertz CT molecular complexity index is 727. The minimum atomic E-state index is -0.193. The van der Waals surface area contributed by atoms with Crippen molar-refractivity contribution in [2.75, 3.05) is 38.7 Å². The number of aliphatic hydroxyl groups is 1. The molecule has 2 aromatic rings. The highest BCUT2D eigenvalue weighted by Crippen LogP contribution is 2.31. The first-order valence-electron chi connectivity index (χ1n) is 9.02. The minimum absolute atomic E-state index is 0.0320. The van der Waals surface area contributed by atoms with E-state index in [0.717, 1.165) is 30.1 Å². The van der Waals surface area contributed by atoms with Crippen LogP contribution >= 0.6 is 0 Å². The Balaban J connectivity index is 1.65. The number of aromatic nitrogens is 4. The Morgan fingerprint density at radius 1 is 1.20 bits per heavy atom. The summed E-state index contributed by atoms with van der Waals surface area (Å²) in [5, 5.41) is 9.69. The number of hydrogen-bond donors (Lipinski definition) is 1. The number of morpholine rings is 1. The second-order valence-electron chi connectivity index (χ2n) is 7.20. The van der Waals surface area contributed by atoms with Gasteiger partial charge in [-0.2, -0.15) is 0 Å². The molecule has 2 aromatic heterocycles. The third kappa shape index (κ3) is 3.09. The summed E-state index contributed by atoms with van der Waals surface area (Å²) in [4.78, 5) is 17.7. The number of nitrogens with zero attached hydrogens (tertiary/aromatic N) is 6. The second kappa shape index (κ2) is 6.86. The first kappa shape index (κ1) is 16.7. The van der Waals surface area contributed by atoms with Crippen molar-refractivity contribution in [2.24, 2.45) is 0 Å². The average Bonchev–Trinajstić information content (AvgIpc) is 3.30. The van der Waals surface area contributed by atoms with E-state index in [9.17, 15) is 5.11 Å². The summed E-state index contributed by atoms with van der Waals surface area (Å²) in [5.74, 6) is 0.797. The van der Waals surface area contributed by atoms with Gasteiger partial charge in [0.1, 0.15) is 12.6 Å². The van der Waals surface area contributed by atoms with Gasteiger partial charge >= 0.3 is 0 Å². The lowest BCUT2D eigenvalue weighted by atomic mass is 10.1. The van der Waals surface area contributed by atoms with Gasteiger partial charge in [0.2, 0.25) is 0 Å². The van der Waals surface area contributed by atoms with Crippen molar-refractivity contribution in [1.82, 2.24) is 24.4 Å². The molecule has 2 fully saturated rings. The molecule has 0 amide bonds. The van der Waals surface area contributed by atoms with Gasteiger partial charge in [0.15, 0.2) is 17.0 Å². The molecule has 8 nitrogen and oxygen atoms in total. The number of hydrogen-bond acceptors (Lipinski definition) is 7. The van der Waals surface area contributed by atoms with Gasteiger partial charge in [0.25, 0.3) is 0 Å². The normalized spacial score (nSPS) is 25.7. The largest absolute Gasteiger partial charge is 0.394 e. The lowest BCUT2D eigenvalue weighted by Crippen LogP contribution is -2.50. The van der Waals surface area contributed by atoms with E-state index in [2.05, 4.69) is 19.9 Å². The summed E-state index contributed by atoms with van der Waals surface area (Å²) in [6.45, 7) is 1.63. The molecule has 0 spiro atoms. The predicted molar refractivity (Wildman–Crippen MR) is 94.5 cm³/mol. The van der Waals surface area contributed by atoms with E-state index in [1.807, 2.05) is 23.6 Å². The molecular formula is C17H26N6O2. The molecule has 1 aliphatic heterocycles. The molecule has 0 radical (unpaired) electrons. The van der Waals surface area contributed by atoms with E-state index in [4.69, 9.17) is 4.74 Å². The molecule has 25 heavy (non-hydrogen) atoms. The summed E-state index contributed by atoms with van der Waals surface area (Å²) < 4.78 is 8.12. The van der Waals surface area contributed by atoms with Crippen LogP contribution in [0.2, 0.25) is 0 Å². The molecule has 8 heteroatoms. The Labute approximate surface area is 147 Å².